The molecule has 8 nitrogen and oxygen atoms in total. The Morgan fingerprint density at radius 2 is 1.87 bits per heavy atom. The van der Waals surface area contributed by atoms with Crippen molar-refractivity contribution >= 4 is 22.9 Å². The lowest BCUT2D eigenvalue weighted by atomic mass is 10.1. The zero-order chi connectivity index (χ0) is 21.8. The van der Waals surface area contributed by atoms with Gasteiger partial charge < -0.3 is 29.2 Å². The molecule has 1 amide bonds. The molecule has 0 aliphatic carbocycles. The van der Waals surface area contributed by atoms with E-state index in [1.54, 1.807) is 44.6 Å². The molecule has 0 bridgehead atoms. The molecule has 31 heavy (non-hydrogen) atoms. The Balaban J connectivity index is 1.41. The van der Waals surface area contributed by atoms with Crippen LogP contribution in [0.2, 0.25) is 0 Å². The molecule has 2 heterocycles. The molecule has 0 saturated heterocycles. The van der Waals surface area contributed by atoms with Crippen LogP contribution in [-0.4, -0.2) is 38.4 Å². The molecule has 0 spiro atoms. The normalized spacial score (nSPS) is 12.3. The minimum Gasteiger partial charge on any atom is -0.496 e. The second-order valence-electron chi connectivity index (χ2n) is 6.87. The number of aromatic nitrogens is 1. The Hall–Kier alpha value is -3.94. The van der Waals surface area contributed by atoms with E-state index in [4.69, 9.17) is 18.9 Å². The monoisotopic (exact) mass is 422 g/mol. The Bertz CT molecular complexity index is 1210. The van der Waals surface area contributed by atoms with Crippen molar-refractivity contribution in [1.29, 1.82) is 0 Å². The molecule has 1 aromatic heterocycles. The Morgan fingerprint density at radius 1 is 1.10 bits per heavy atom. The van der Waals surface area contributed by atoms with E-state index >= 15 is 0 Å². The number of nitrogens with one attached hydrogen (secondary N) is 2. The van der Waals surface area contributed by atoms with Crippen LogP contribution in [0, 0.1) is 0 Å². The molecule has 1 aliphatic heterocycles. The van der Waals surface area contributed by atoms with Gasteiger partial charge in [-0.1, -0.05) is 6.07 Å². The summed E-state index contributed by atoms with van der Waals surface area (Å²) in [5.41, 5.74) is 1.71. The summed E-state index contributed by atoms with van der Waals surface area (Å²) in [5, 5.41) is 3.53. The minimum absolute atomic E-state index is 0.204. The van der Waals surface area contributed by atoms with Gasteiger partial charge in [0.15, 0.2) is 11.5 Å². The highest BCUT2D eigenvalue weighted by molar-refractivity contribution is 5.92. The molecule has 0 saturated carbocycles. The number of hydrogen-bond acceptors (Lipinski definition) is 6. The first-order valence-corrected chi connectivity index (χ1v) is 9.71. The third-order valence-electron chi connectivity index (χ3n) is 4.97. The number of fused-ring (bicyclic) bond motifs is 2. The molecular formula is C23H22N2O6. The Kier molecular flexibility index (Phi) is 5.79. The number of H-pyrrole nitrogens is 1. The lowest BCUT2D eigenvalue weighted by Gasteiger charge is -2.11. The summed E-state index contributed by atoms with van der Waals surface area (Å²) in [4.78, 5) is 27.5. The highest BCUT2D eigenvalue weighted by Crippen LogP contribution is 2.33. The van der Waals surface area contributed by atoms with E-state index in [1.165, 1.54) is 6.08 Å². The molecule has 4 rings (SSSR count). The summed E-state index contributed by atoms with van der Waals surface area (Å²) in [5.74, 6) is 2.28. The highest BCUT2D eigenvalue weighted by atomic mass is 16.7. The van der Waals surface area contributed by atoms with Crippen LogP contribution < -0.4 is 29.8 Å². The predicted molar refractivity (Wildman–Crippen MR) is 116 cm³/mol. The third kappa shape index (κ3) is 4.32. The first-order valence-electron chi connectivity index (χ1n) is 9.71. The number of pyridine rings is 1. The predicted octanol–water partition coefficient (Wildman–Crippen LogP) is 2.65. The van der Waals surface area contributed by atoms with Gasteiger partial charge >= 0.3 is 0 Å². The van der Waals surface area contributed by atoms with Crippen molar-refractivity contribution in [1.82, 2.24) is 10.3 Å². The van der Waals surface area contributed by atoms with Gasteiger partial charge in [0.2, 0.25) is 12.7 Å². The zero-order valence-corrected chi connectivity index (χ0v) is 17.2. The highest BCUT2D eigenvalue weighted by Gasteiger charge is 2.13. The average Bonchev–Trinajstić information content (AvgIpc) is 3.25. The van der Waals surface area contributed by atoms with Gasteiger partial charge in [0.25, 0.3) is 5.56 Å². The molecule has 0 atom stereocenters. The number of amides is 1. The Labute approximate surface area is 178 Å². The number of carbonyl (C=O) groups excluding carboxylic acids is 1. The summed E-state index contributed by atoms with van der Waals surface area (Å²) in [6, 6.07) is 10.7. The first kappa shape index (κ1) is 20.3. The van der Waals surface area contributed by atoms with Crippen LogP contribution in [0.3, 0.4) is 0 Å². The van der Waals surface area contributed by atoms with Gasteiger partial charge in [-0.25, -0.2) is 0 Å². The molecule has 8 heteroatoms. The first-order chi connectivity index (χ1) is 15.1. The summed E-state index contributed by atoms with van der Waals surface area (Å²) >= 11 is 0. The van der Waals surface area contributed by atoms with E-state index in [0.717, 1.165) is 10.9 Å². The van der Waals surface area contributed by atoms with E-state index in [0.29, 0.717) is 47.0 Å². The van der Waals surface area contributed by atoms with Crippen molar-refractivity contribution in [3.8, 4) is 23.0 Å². The van der Waals surface area contributed by atoms with Crippen LogP contribution in [0.4, 0.5) is 0 Å². The molecular weight excluding hydrogens is 400 g/mol. The number of aromatic amines is 1. The summed E-state index contributed by atoms with van der Waals surface area (Å²) in [6.07, 6.45) is 3.50. The van der Waals surface area contributed by atoms with Gasteiger partial charge in [0, 0.05) is 23.6 Å². The number of benzene rings is 2. The summed E-state index contributed by atoms with van der Waals surface area (Å²) < 4.78 is 21.3. The van der Waals surface area contributed by atoms with Crippen molar-refractivity contribution in [2.45, 2.75) is 6.42 Å². The fourth-order valence-corrected chi connectivity index (χ4v) is 3.39. The molecule has 0 unspecified atom stereocenters. The van der Waals surface area contributed by atoms with E-state index in [1.807, 2.05) is 12.1 Å². The lowest BCUT2D eigenvalue weighted by Crippen LogP contribution is -2.25. The van der Waals surface area contributed by atoms with Gasteiger partial charge in [-0.05, 0) is 48.4 Å². The largest absolute Gasteiger partial charge is 0.496 e. The molecule has 2 aromatic carbocycles. The molecule has 0 fully saturated rings. The van der Waals surface area contributed by atoms with Crippen molar-refractivity contribution in [2.24, 2.45) is 0 Å². The van der Waals surface area contributed by atoms with Gasteiger partial charge in [0.1, 0.15) is 11.5 Å². The Morgan fingerprint density at radius 3 is 2.68 bits per heavy atom. The maximum absolute atomic E-state index is 12.5. The minimum atomic E-state index is -0.255. The van der Waals surface area contributed by atoms with Crippen LogP contribution in [0.25, 0.3) is 17.0 Å². The van der Waals surface area contributed by atoms with Crippen LogP contribution >= 0.6 is 0 Å². The number of carbonyl (C=O) groups is 1. The molecule has 0 radical (unpaired) electrons. The molecule has 2 N–H and O–H groups in total. The van der Waals surface area contributed by atoms with Gasteiger partial charge in [-0.3, -0.25) is 9.59 Å². The van der Waals surface area contributed by atoms with Crippen molar-refractivity contribution < 1.29 is 23.7 Å². The fourth-order valence-electron chi connectivity index (χ4n) is 3.39. The van der Waals surface area contributed by atoms with Gasteiger partial charge in [-0.15, -0.1) is 0 Å². The quantitative estimate of drug-likeness (QED) is 0.568. The van der Waals surface area contributed by atoms with Crippen molar-refractivity contribution in [3.05, 3.63) is 64.0 Å². The maximum Gasteiger partial charge on any atom is 0.251 e. The van der Waals surface area contributed by atoms with Crippen LogP contribution in [-0.2, 0) is 11.2 Å². The molecule has 1 aliphatic rings. The zero-order valence-electron chi connectivity index (χ0n) is 17.2. The average molecular weight is 422 g/mol. The second kappa shape index (κ2) is 8.83. The SMILES string of the molecule is COc1ccc(OC)c2[nH]c(=O)c(CCNC(=O)C=Cc3ccc4c(c3)OCO4)cc12. The summed E-state index contributed by atoms with van der Waals surface area (Å²) in [7, 11) is 3.11. The number of rotatable bonds is 7. The van der Waals surface area contributed by atoms with Gasteiger partial charge in [0.05, 0.1) is 19.7 Å². The van der Waals surface area contributed by atoms with E-state index in [-0.39, 0.29) is 18.3 Å². The van der Waals surface area contributed by atoms with Gasteiger partial charge in [-0.2, -0.15) is 0 Å². The lowest BCUT2D eigenvalue weighted by molar-refractivity contribution is -0.116. The number of hydrogen-bond donors (Lipinski definition) is 2. The third-order valence-corrected chi connectivity index (χ3v) is 4.97. The maximum atomic E-state index is 12.5. The van der Waals surface area contributed by atoms with E-state index < -0.39 is 0 Å². The smallest absolute Gasteiger partial charge is 0.251 e. The number of methoxy groups -OCH3 is 2. The second-order valence-corrected chi connectivity index (χ2v) is 6.87. The fraction of sp³-hybridized carbons (Fsp3) is 0.217. The topological polar surface area (TPSA) is 98.9 Å². The van der Waals surface area contributed by atoms with Crippen molar-refractivity contribution in [3.63, 3.8) is 0 Å². The van der Waals surface area contributed by atoms with Crippen molar-refractivity contribution in [2.75, 3.05) is 27.6 Å². The van der Waals surface area contributed by atoms with Crippen LogP contribution in [0.1, 0.15) is 11.1 Å². The van der Waals surface area contributed by atoms with E-state index in [2.05, 4.69) is 10.3 Å². The van der Waals surface area contributed by atoms with Crippen LogP contribution in [0.15, 0.2) is 47.3 Å². The standard InChI is InChI=1S/C23H22N2O6/c1-28-17-6-7-19(29-2)22-16(17)12-15(23(27)25-22)9-10-24-21(26)8-4-14-3-5-18-20(11-14)31-13-30-18/h3-8,11-12H,9-10,13H2,1-2H3,(H,24,26)(H,25,27). The number of ether oxygens (including phenoxy) is 4. The van der Waals surface area contributed by atoms with Crippen LogP contribution in [0.5, 0.6) is 23.0 Å². The molecule has 3 aromatic rings. The van der Waals surface area contributed by atoms with E-state index in [9.17, 15) is 9.59 Å². The summed E-state index contributed by atoms with van der Waals surface area (Å²) in [6.45, 7) is 0.515. The molecule has 160 valence electrons.